The molecule has 0 bridgehead atoms. The van der Waals surface area contributed by atoms with Crippen LogP contribution in [0.2, 0.25) is 5.02 Å². The molecule has 0 spiro atoms. The predicted molar refractivity (Wildman–Crippen MR) is 117 cm³/mol. The number of benzene rings is 2. The number of nitrogens with zero attached hydrogens (tertiary/aromatic N) is 4. The number of imidazole rings is 2. The number of aromatic nitrogens is 4. The lowest BCUT2D eigenvalue weighted by Crippen LogP contribution is -2.22. The van der Waals surface area contributed by atoms with E-state index in [1.165, 1.54) is 18.4 Å². The maximum Gasteiger partial charge on any atom is 0.242 e. The van der Waals surface area contributed by atoms with Crippen LogP contribution in [-0.4, -0.2) is 46.3 Å². The van der Waals surface area contributed by atoms with Gasteiger partial charge in [-0.25, -0.2) is 22.7 Å². The van der Waals surface area contributed by atoms with Crippen LogP contribution in [0.3, 0.4) is 0 Å². The highest BCUT2D eigenvalue weighted by Crippen LogP contribution is 2.27. The number of nitrogens with one attached hydrogen (secondary N) is 1. The number of halogens is 1. The van der Waals surface area contributed by atoms with Crippen LogP contribution < -0.4 is 0 Å². The maximum absolute atomic E-state index is 12.4. The lowest BCUT2D eigenvalue weighted by molar-refractivity contribution is 0.521. The Morgan fingerprint density at radius 1 is 1.14 bits per heavy atom. The molecule has 7 nitrogen and oxygen atoms in total. The fourth-order valence-corrected chi connectivity index (χ4v) is 5.08. The third-order valence-electron chi connectivity index (χ3n) is 4.65. The molecule has 4 aromatic rings. The molecule has 29 heavy (non-hydrogen) atoms. The van der Waals surface area contributed by atoms with Crippen molar-refractivity contribution in [1.82, 2.24) is 23.8 Å². The summed E-state index contributed by atoms with van der Waals surface area (Å²) in [7, 11) is -0.458. The Morgan fingerprint density at radius 2 is 1.93 bits per heavy atom. The fourth-order valence-electron chi connectivity index (χ4n) is 3.15. The van der Waals surface area contributed by atoms with E-state index in [1.807, 2.05) is 31.2 Å². The van der Waals surface area contributed by atoms with Crippen molar-refractivity contribution in [3.63, 3.8) is 0 Å². The lowest BCUT2D eigenvalue weighted by atomic mass is 10.3. The van der Waals surface area contributed by atoms with Gasteiger partial charge in [-0.2, -0.15) is 0 Å². The van der Waals surface area contributed by atoms with E-state index in [4.69, 9.17) is 16.6 Å². The second kappa shape index (κ2) is 7.64. The zero-order chi connectivity index (χ0) is 20.8. The number of thioether (sulfide) groups is 1. The van der Waals surface area contributed by atoms with Gasteiger partial charge in [-0.05, 0) is 43.3 Å². The van der Waals surface area contributed by atoms with E-state index in [0.717, 1.165) is 34.1 Å². The Balaban J connectivity index is 1.65. The van der Waals surface area contributed by atoms with Gasteiger partial charge in [-0.15, -0.1) is 0 Å². The summed E-state index contributed by atoms with van der Waals surface area (Å²) in [5.41, 5.74) is 3.33. The Bertz CT molecular complexity index is 1310. The number of sulfonamides is 1. The first kappa shape index (κ1) is 20.2. The van der Waals surface area contributed by atoms with Gasteiger partial charge in [0.15, 0.2) is 5.16 Å². The van der Waals surface area contributed by atoms with Gasteiger partial charge in [-0.3, -0.25) is 0 Å². The molecule has 2 aromatic carbocycles. The molecule has 10 heteroatoms. The summed E-state index contributed by atoms with van der Waals surface area (Å²) in [6, 6.07) is 10.6. The molecule has 0 amide bonds. The molecule has 0 fully saturated rings. The van der Waals surface area contributed by atoms with Crippen molar-refractivity contribution in [2.45, 2.75) is 29.3 Å². The molecule has 0 atom stereocenters. The summed E-state index contributed by atoms with van der Waals surface area (Å²) in [6.45, 7) is 2.78. The number of fused-ring (bicyclic) bond motifs is 2. The van der Waals surface area contributed by atoms with E-state index in [9.17, 15) is 8.42 Å². The molecule has 0 aliphatic heterocycles. The highest BCUT2D eigenvalue weighted by Gasteiger charge is 2.19. The normalized spacial score (nSPS) is 12.4. The van der Waals surface area contributed by atoms with Crippen molar-refractivity contribution in [1.29, 1.82) is 0 Å². The first-order chi connectivity index (χ1) is 13.8. The molecule has 0 saturated heterocycles. The summed E-state index contributed by atoms with van der Waals surface area (Å²) >= 11 is 7.58. The fraction of sp³-hybridized carbons (Fsp3) is 0.263. The highest BCUT2D eigenvalue weighted by molar-refractivity contribution is 7.98. The Labute approximate surface area is 178 Å². The molecule has 2 aromatic heterocycles. The number of hydrogen-bond acceptors (Lipinski definition) is 5. The largest absolute Gasteiger partial charge is 0.333 e. The average Bonchev–Trinajstić information content (AvgIpc) is 3.25. The van der Waals surface area contributed by atoms with Crippen molar-refractivity contribution < 1.29 is 8.42 Å². The van der Waals surface area contributed by atoms with Crippen LogP contribution in [0.15, 0.2) is 46.5 Å². The van der Waals surface area contributed by atoms with Gasteiger partial charge in [0.2, 0.25) is 10.0 Å². The van der Waals surface area contributed by atoms with Crippen molar-refractivity contribution in [2.24, 2.45) is 0 Å². The smallest absolute Gasteiger partial charge is 0.242 e. The van der Waals surface area contributed by atoms with E-state index in [2.05, 4.69) is 14.5 Å². The Hall–Kier alpha value is -2.07. The highest BCUT2D eigenvalue weighted by atomic mass is 35.5. The van der Waals surface area contributed by atoms with E-state index in [1.54, 1.807) is 23.9 Å². The molecule has 152 valence electrons. The number of hydrogen-bond donors (Lipinski definition) is 1. The monoisotopic (exact) mass is 449 g/mol. The summed E-state index contributed by atoms with van der Waals surface area (Å²) in [4.78, 5) is 12.8. The number of H-pyrrole nitrogens is 1. The number of rotatable bonds is 6. The first-order valence-electron chi connectivity index (χ1n) is 8.99. The van der Waals surface area contributed by atoms with Gasteiger partial charge < -0.3 is 9.55 Å². The van der Waals surface area contributed by atoms with Crippen LogP contribution >= 0.6 is 23.4 Å². The summed E-state index contributed by atoms with van der Waals surface area (Å²) in [5, 5.41) is 1.45. The van der Waals surface area contributed by atoms with Crippen LogP contribution in [0.4, 0.5) is 0 Å². The standard InChI is InChI=1S/C19H20ClN5O2S2/c1-4-25-17-8-6-13(29(26,27)24(2)3)10-16(17)21-18(25)11-28-19-22-14-7-5-12(20)9-15(14)23-19/h5-10H,4,11H2,1-3H3,(H,22,23). The second-order valence-corrected chi connectivity index (χ2v) is 10.3. The molecule has 0 saturated carbocycles. The Kier molecular flexibility index (Phi) is 5.32. The molecule has 0 radical (unpaired) electrons. The molecule has 0 unspecified atom stereocenters. The second-order valence-electron chi connectivity index (χ2n) is 6.70. The minimum absolute atomic E-state index is 0.240. The lowest BCUT2D eigenvalue weighted by Gasteiger charge is -2.11. The van der Waals surface area contributed by atoms with Crippen LogP contribution in [0.1, 0.15) is 12.7 Å². The minimum atomic E-state index is -3.50. The SMILES string of the molecule is CCn1c(CSc2nc3ccc(Cl)cc3[nH]2)nc2cc(S(=O)(=O)N(C)C)ccc21. The number of aromatic amines is 1. The average molecular weight is 450 g/mol. The van der Waals surface area contributed by atoms with Crippen LogP contribution in [-0.2, 0) is 22.3 Å². The van der Waals surface area contributed by atoms with E-state index in [-0.39, 0.29) is 4.90 Å². The van der Waals surface area contributed by atoms with Gasteiger partial charge in [0.1, 0.15) is 5.82 Å². The van der Waals surface area contributed by atoms with Gasteiger partial charge in [0, 0.05) is 25.7 Å². The summed E-state index contributed by atoms with van der Waals surface area (Å²) < 4.78 is 28.1. The summed E-state index contributed by atoms with van der Waals surface area (Å²) in [6.07, 6.45) is 0. The van der Waals surface area contributed by atoms with Crippen molar-refractivity contribution in [3.8, 4) is 0 Å². The van der Waals surface area contributed by atoms with Gasteiger partial charge in [0.25, 0.3) is 0 Å². The summed E-state index contributed by atoms with van der Waals surface area (Å²) in [5.74, 6) is 1.47. The van der Waals surface area contributed by atoms with Crippen LogP contribution in [0, 0.1) is 0 Å². The molecule has 2 heterocycles. The molecular weight excluding hydrogens is 430 g/mol. The van der Waals surface area contributed by atoms with Gasteiger partial charge in [-0.1, -0.05) is 23.4 Å². The van der Waals surface area contributed by atoms with Gasteiger partial charge in [0.05, 0.1) is 32.7 Å². The van der Waals surface area contributed by atoms with Gasteiger partial charge >= 0.3 is 0 Å². The van der Waals surface area contributed by atoms with Crippen molar-refractivity contribution in [2.75, 3.05) is 14.1 Å². The third kappa shape index (κ3) is 3.75. The third-order valence-corrected chi connectivity index (χ3v) is 7.57. The number of aryl methyl sites for hydroxylation is 1. The van der Waals surface area contributed by atoms with Crippen molar-refractivity contribution in [3.05, 3.63) is 47.2 Å². The molecule has 0 aliphatic rings. The topological polar surface area (TPSA) is 83.9 Å². The molecule has 0 aliphatic carbocycles. The Morgan fingerprint density at radius 3 is 2.66 bits per heavy atom. The quantitative estimate of drug-likeness (QED) is 0.447. The molecule has 1 N–H and O–H groups in total. The van der Waals surface area contributed by atoms with E-state index in [0.29, 0.717) is 16.3 Å². The predicted octanol–water partition coefficient (Wildman–Crippen LogP) is 4.13. The molecule has 4 rings (SSSR count). The first-order valence-corrected chi connectivity index (χ1v) is 11.8. The van der Waals surface area contributed by atoms with E-state index < -0.39 is 10.0 Å². The van der Waals surface area contributed by atoms with Crippen LogP contribution in [0.25, 0.3) is 22.1 Å². The molecular formula is C19H20ClN5O2S2. The van der Waals surface area contributed by atoms with Crippen LogP contribution in [0.5, 0.6) is 0 Å². The minimum Gasteiger partial charge on any atom is -0.333 e. The van der Waals surface area contributed by atoms with E-state index >= 15 is 0 Å². The maximum atomic E-state index is 12.4. The van der Waals surface area contributed by atoms with Crippen molar-refractivity contribution >= 4 is 55.5 Å². The zero-order valence-electron chi connectivity index (χ0n) is 16.2. The zero-order valence-corrected chi connectivity index (χ0v) is 18.6.